The lowest BCUT2D eigenvalue weighted by molar-refractivity contribution is 0.0599. The number of hydrogen-bond acceptors (Lipinski definition) is 5. The molecule has 1 atom stereocenters. The van der Waals surface area contributed by atoms with Gasteiger partial charge in [0, 0.05) is 23.7 Å². The molecule has 0 fully saturated rings. The minimum atomic E-state index is -0.376. The second kappa shape index (κ2) is 8.29. The molecule has 29 heavy (non-hydrogen) atoms. The molecule has 2 aromatic rings. The normalized spacial score (nSPS) is 16.8. The fourth-order valence-electron chi connectivity index (χ4n) is 3.51. The average Bonchev–Trinajstić information content (AvgIpc) is 2.67. The number of ether oxygens (including phenoxy) is 3. The maximum absolute atomic E-state index is 11.9. The Labute approximate surface area is 176 Å². The van der Waals surface area contributed by atoms with Crippen molar-refractivity contribution in [1.29, 1.82) is 0 Å². The predicted molar refractivity (Wildman–Crippen MR) is 117 cm³/mol. The van der Waals surface area contributed by atoms with Gasteiger partial charge >= 0.3 is 5.97 Å². The molecule has 0 saturated heterocycles. The molecule has 0 saturated carbocycles. The minimum Gasteiger partial charge on any atom is -0.497 e. The van der Waals surface area contributed by atoms with Crippen LogP contribution < -0.4 is 20.1 Å². The van der Waals surface area contributed by atoms with Gasteiger partial charge in [-0.25, -0.2) is 4.79 Å². The molecule has 7 heteroatoms. The van der Waals surface area contributed by atoms with Crippen molar-refractivity contribution >= 4 is 29.0 Å². The molecule has 0 amide bonds. The van der Waals surface area contributed by atoms with Crippen molar-refractivity contribution < 1.29 is 19.0 Å². The SMILES string of the molecule is COC(=O)c1cccc(NC(=S)N[C@H]2CC(C)(C)Oc3cc(OC)ccc32)c1C. The first-order chi connectivity index (χ1) is 13.7. The third-order valence-corrected chi connectivity index (χ3v) is 5.19. The fourth-order valence-corrected chi connectivity index (χ4v) is 3.76. The highest BCUT2D eigenvalue weighted by atomic mass is 32.1. The summed E-state index contributed by atoms with van der Waals surface area (Å²) in [5.74, 6) is 1.15. The van der Waals surface area contributed by atoms with Gasteiger partial charge in [-0.15, -0.1) is 0 Å². The van der Waals surface area contributed by atoms with Crippen LogP contribution in [0.2, 0.25) is 0 Å². The third kappa shape index (κ3) is 4.62. The molecule has 1 aliphatic heterocycles. The Morgan fingerprint density at radius 3 is 2.69 bits per heavy atom. The minimum absolute atomic E-state index is 0.0243. The number of carbonyl (C=O) groups is 1. The van der Waals surface area contributed by atoms with Crippen LogP contribution in [0, 0.1) is 6.92 Å². The second-order valence-corrected chi connectivity index (χ2v) is 8.00. The second-order valence-electron chi connectivity index (χ2n) is 7.59. The molecule has 154 valence electrons. The molecule has 1 heterocycles. The maximum atomic E-state index is 11.9. The fraction of sp³-hybridized carbons (Fsp3) is 0.364. The van der Waals surface area contributed by atoms with Gasteiger partial charge in [0.1, 0.15) is 17.1 Å². The van der Waals surface area contributed by atoms with E-state index in [0.29, 0.717) is 10.7 Å². The van der Waals surface area contributed by atoms with E-state index < -0.39 is 0 Å². The van der Waals surface area contributed by atoms with E-state index in [4.69, 9.17) is 26.4 Å². The van der Waals surface area contributed by atoms with Gasteiger partial charge in [-0.1, -0.05) is 6.07 Å². The standard InChI is InChI=1S/C22H26N2O4S/c1-13-15(20(25)27-5)7-6-8-17(13)23-21(29)24-18-12-22(2,3)28-19-11-14(26-4)9-10-16(18)19/h6-11,18H,12H2,1-5H3,(H2,23,24,29)/t18-/m0/s1. The largest absolute Gasteiger partial charge is 0.497 e. The lowest BCUT2D eigenvalue weighted by Crippen LogP contribution is -2.42. The molecule has 0 aliphatic carbocycles. The van der Waals surface area contributed by atoms with Crippen LogP contribution in [0.4, 0.5) is 5.69 Å². The molecular formula is C22H26N2O4S. The lowest BCUT2D eigenvalue weighted by Gasteiger charge is -2.38. The summed E-state index contributed by atoms with van der Waals surface area (Å²) in [5, 5.41) is 7.07. The van der Waals surface area contributed by atoms with Crippen LogP contribution in [-0.2, 0) is 4.74 Å². The Bertz CT molecular complexity index is 942. The summed E-state index contributed by atoms with van der Waals surface area (Å²) in [6, 6.07) is 11.2. The molecule has 2 N–H and O–H groups in total. The highest BCUT2D eigenvalue weighted by Crippen LogP contribution is 2.41. The van der Waals surface area contributed by atoms with E-state index in [1.165, 1.54) is 7.11 Å². The van der Waals surface area contributed by atoms with Gasteiger partial charge in [-0.3, -0.25) is 0 Å². The van der Waals surface area contributed by atoms with E-state index in [0.717, 1.165) is 34.7 Å². The Morgan fingerprint density at radius 2 is 2.00 bits per heavy atom. The number of nitrogens with one attached hydrogen (secondary N) is 2. The summed E-state index contributed by atoms with van der Waals surface area (Å²) in [7, 11) is 3.00. The molecular weight excluding hydrogens is 388 g/mol. The first kappa shape index (κ1) is 20.9. The Balaban J connectivity index is 1.80. The molecule has 0 aromatic heterocycles. The van der Waals surface area contributed by atoms with E-state index in [-0.39, 0.29) is 17.6 Å². The molecule has 0 unspecified atom stereocenters. The zero-order valence-corrected chi connectivity index (χ0v) is 18.1. The van der Waals surface area contributed by atoms with Crippen LogP contribution in [-0.4, -0.2) is 30.9 Å². The van der Waals surface area contributed by atoms with Gasteiger partial charge in [0.05, 0.1) is 25.8 Å². The third-order valence-electron chi connectivity index (χ3n) is 4.97. The molecule has 2 aromatic carbocycles. The van der Waals surface area contributed by atoms with E-state index >= 15 is 0 Å². The number of benzene rings is 2. The maximum Gasteiger partial charge on any atom is 0.338 e. The topological polar surface area (TPSA) is 68.8 Å². The predicted octanol–water partition coefficient (Wildman–Crippen LogP) is 4.38. The summed E-state index contributed by atoms with van der Waals surface area (Å²) in [6.45, 7) is 5.95. The van der Waals surface area contributed by atoms with Crippen LogP contribution in [0.15, 0.2) is 36.4 Å². The van der Waals surface area contributed by atoms with E-state index in [9.17, 15) is 4.79 Å². The molecule has 1 aliphatic rings. The molecule has 0 bridgehead atoms. The lowest BCUT2D eigenvalue weighted by atomic mass is 9.89. The summed E-state index contributed by atoms with van der Waals surface area (Å²) < 4.78 is 16.3. The van der Waals surface area contributed by atoms with E-state index in [2.05, 4.69) is 10.6 Å². The van der Waals surface area contributed by atoms with Crippen LogP contribution in [0.3, 0.4) is 0 Å². The average molecular weight is 415 g/mol. The van der Waals surface area contributed by atoms with Crippen molar-refractivity contribution in [2.75, 3.05) is 19.5 Å². The van der Waals surface area contributed by atoms with Crippen LogP contribution in [0.25, 0.3) is 0 Å². The van der Waals surface area contributed by atoms with E-state index in [1.54, 1.807) is 19.2 Å². The summed E-state index contributed by atoms with van der Waals surface area (Å²) in [4.78, 5) is 11.9. The number of rotatable bonds is 4. The number of hydrogen-bond donors (Lipinski definition) is 2. The highest BCUT2D eigenvalue weighted by Gasteiger charge is 2.34. The van der Waals surface area contributed by atoms with E-state index in [1.807, 2.05) is 45.0 Å². The number of esters is 1. The number of methoxy groups -OCH3 is 2. The summed E-state index contributed by atoms with van der Waals surface area (Å²) in [5.41, 5.74) is 2.71. The van der Waals surface area contributed by atoms with Gasteiger partial charge in [0.2, 0.25) is 0 Å². The van der Waals surface area contributed by atoms with Gasteiger partial charge in [0.25, 0.3) is 0 Å². The van der Waals surface area contributed by atoms with Crippen molar-refractivity contribution in [2.45, 2.75) is 38.8 Å². The number of carbonyl (C=O) groups excluding carboxylic acids is 1. The van der Waals surface area contributed by atoms with Crippen LogP contribution >= 0.6 is 12.2 Å². The van der Waals surface area contributed by atoms with Crippen molar-refractivity contribution in [3.8, 4) is 11.5 Å². The number of anilines is 1. The van der Waals surface area contributed by atoms with Gasteiger partial charge in [-0.05, 0) is 62.8 Å². The van der Waals surface area contributed by atoms with Crippen molar-refractivity contribution in [3.05, 3.63) is 53.1 Å². The highest BCUT2D eigenvalue weighted by molar-refractivity contribution is 7.80. The van der Waals surface area contributed by atoms with Crippen LogP contribution in [0.5, 0.6) is 11.5 Å². The molecule has 6 nitrogen and oxygen atoms in total. The molecule has 0 spiro atoms. The Kier molecular flexibility index (Phi) is 5.98. The summed E-state index contributed by atoms with van der Waals surface area (Å²) in [6.07, 6.45) is 0.745. The van der Waals surface area contributed by atoms with Gasteiger partial charge < -0.3 is 24.8 Å². The smallest absolute Gasteiger partial charge is 0.338 e. The quantitative estimate of drug-likeness (QED) is 0.568. The van der Waals surface area contributed by atoms with Gasteiger partial charge in [-0.2, -0.15) is 0 Å². The van der Waals surface area contributed by atoms with Gasteiger partial charge in [0.15, 0.2) is 5.11 Å². The van der Waals surface area contributed by atoms with Crippen molar-refractivity contribution in [3.63, 3.8) is 0 Å². The number of fused-ring (bicyclic) bond motifs is 1. The number of thiocarbonyl (C=S) groups is 1. The molecule has 0 radical (unpaired) electrons. The first-order valence-corrected chi connectivity index (χ1v) is 9.77. The summed E-state index contributed by atoms with van der Waals surface area (Å²) >= 11 is 5.56. The first-order valence-electron chi connectivity index (χ1n) is 9.36. The van der Waals surface area contributed by atoms with Crippen molar-refractivity contribution in [2.24, 2.45) is 0 Å². The Morgan fingerprint density at radius 1 is 1.24 bits per heavy atom. The molecule has 3 rings (SSSR count). The Hall–Kier alpha value is -2.80. The van der Waals surface area contributed by atoms with Crippen LogP contribution in [0.1, 0.15) is 47.8 Å². The zero-order chi connectivity index (χ0) is 21.2. The van der Waals surface area contributed by atoms with Crippen molar-refractivity contribution in [1.82, 2.24) is 5.32 Å². The zero-order valence-electron chi connectivity index (χ0n) is 17.3. The monoisotopic (exact) mass is 414 g/mol.